The molecule has 0 saturated carbocycles. The molecule has 0 radical (unpaired) electrons. The van der Waals surface area contributed by atoms with Gasteiger partial charge in [-0.25, -0.2) is 18.7 Å². The lowest BCUT2D eigenvalue weighted by atomic mass is 10.1. The largest absolute Gasteiger partial charge is 0.503 e. The van der Waals surface area contributed by atoms with Crippen LogP contribution in [0.3, 0.4) is 0 Å². The molecule has 1 heterocycles. The fraction of sp³-hybridized carbons (Fsp3) is 0. The van der Waals surface area contributed by atoms with Crippen LogP contribution < -0.4 is 5.32 Å². The average Bonchev–Trinajstić information content (AvgIpc) is 2.43. The van der Waals surface area contributed by atoms with Crippen molar-refractivity contribution in [2.75, 3.05) is 5.32 Å². The molecule has 0 bridgehead atoms. The Bertz CT molecular complexity index is 680. The lowest BCUT2D eigenvalue weighted by Crippen LogP contribution is -2.16. The molecule has 0 unspecified atom stereocenters. The van der Waals surface area contributed by atoms with Crippen LogP contribution in [0.15, 0.2) is 23.1 Å². The molecule has 1 amide bonds. The van der Waals surface area contributed by atoms with Crippen molar-refractivity contribution in [1.82, 2.24) is 9.97 Å². The summed E-state index contributed by atoms with van der Waals surface area (Å²) in [4.78, 5) is 19.2. The minimum absolute atomic E-state index is 0.0261. The summed E-state index contributed by atoms with van der Waals surface area (Å²) in [6.07, 6.45) is 2.44. The first-order valence-electron chi connectivity index (χ1n) is 5.05. The van der Waals surface area contributed by atoms with Crippen LogP contribution in [0.25, 0.3) is 0 Å². The molecule has 2 aromatic rings. The van der Waals surface area contributed by atoms with E-state index in [-0.39, 0.29) is 5.82 Å². The molecular formula is C11H5BrF3N3O2. The van der Waals surface area contributed by atoms with Crippen molar-refractivity contribution in [3.63, 3.8) is 0 Å². The lowest BCUT2D eigenvalue weighted by Gasteiger charge is -2.07. The van der Waals surface area contributed by atoms with Gasteiger partial charge < -0.3 is 10.4 Å². The number of carbonyl (C=O) groups excluding carboxylic acids is 1. The molecule has 9 heteroatoms. The highest BCUT2D eigenvalue weighted by Crippen LogP contribution is 2.26. The maximum Gasteiger partial charge on any atom is 0.260 e. The van der Waals surface area contributed by atoms with Crippen LogP contribution in [-0.4, -0.2) is 21.0 Å². The van der Waals surface area contributed by atoms with E-state index in [0.717, 1.165) is 0 Å². The molecule has 104 valence electrons. The van der Waals surface area contributed by atoms with Crippen molar-refractivity contribution < 1.29 is 23.1 Å². The van der Waals surface area contributed by atoms with E-state index in [4.69, 9.17) is 5.11 Å². The van der Waals surface area contributed by atoms with Gasteiger partial charge in [-0.1, -0.05) is 0 Å². The number of amides is 1. The van der Waals surface area contributed by atoms with Gasteiger partial charge >= 0.3 is 0 Å². The Balaban J connectivity index is 2.32. The highest BCUT2D eigenvalue weighted by molar-refractivity contribution is 9.10. The van der Waals surface area contributed by atoms with Gasteiger partial charge in [0.1, 0.15) is 4.60 Å². The summed E-state index contributed by atoms with van der Waals surface area (Å²) < 4.78 is 39.8. The van der Waals surface area contributed by atoms with Crippen molar-refractivity contribution in [2.24, 2.45) is 0 Å². The third-order valence-corrected chi connectivity index (χ3v) is 2.65. The summed E-state index contributed by atoms with van der Waals surface area (Å²) in [5, 5.41) is 11.1. The van der Waals surface area contributed by atoms with Gasteiger partial charge in [0.05, 0.1) is 18.0 Å². The third kappa shape index (κ3) is 2.72. The van der Waals surface area contributed by atoms with Crippen LogP contribution in [0.2, 0.25) is 0 Å². The molecule has 1 aromatic heterocycles. The Morgan fingerprint density at radius 3 is 2.50 bits per heavy atom. The quantitative estimate of drug-likeness (QED) is 0.819. The zero-order valence-electron chi connectivity index (χ0n) is 9.49. The highest BCUT2D eigenvalue weighted by atomic mass is 79.9. The predicted molar refractivity (Wildman–Crippen MR) is 65.7 cm³/mol. The molecule has 0 saturated heterocycles. The molecule has 0 aliphatic heterocycles. The Kier molecular flexibility index (Phi) is 3.89. The van der Waals surface area contributed by atoms with Crippen LogP contribution in [0, 0.1) is 17.5 Å². The number of halogens is 4. The SMILES string of the molecule is O=C(Nc1cnc(Br)cn1)c1cc(F)c(F)c(O)c1F. The van der Waals surface area contributed by atoms with Gasteiger partial charge in [-0.2, -0.15) is 4.39 Å². The zero-order chi connectivity index (χ0) is 14.9. The fourth-order valence-corrected chi connectivity index (χ4v) is 1.52. The summed E-state index contributed by atoms with van der Waals surface area (Å²) in [6, 6.07) is 0.339. The molecule has 0 aliphatic carbocycles. The van der Waals surface area contributed by atoms with Gasteiger partial charge in [0.2, 0.25) is 5.82 Å². The number of aromatic nitrogens is 2. The first-order chi connectivity index (χ1) is 9.40. The van der Waals surface area contributed by atoms with Gasteiger partial charge in [0.25, 0.3) is 5.91 Å². The van der Waals surface area contributed by atoms with Crippen molar-refractivity contribution in [3.05, 3.63) is 46.1 Å². The first-order valence-corrected chi connectivity index (χ1v) is 5.84. The molecule has 20 heavy (non-hydrogen) atoms. The van der Waals surface area contributed by atoms with Crippen molar-refractivity contribution in [3.8, 4) is 5.75 Å². The van der Waals surface area contributed by atoms with Crippen molar-refractivity contribution in [2.45, 2.75) is 0 Å². The van der Waals surface area contributed by atoms with Crippen LogP contribution in [0.5, 0.6) is 5.75 Å². The molecule has 2 rings (SSSR count). The molecule has 0 atom stereocenters. The fourth-order valence-electron chi connectivity index (χ4n) is 1.32. The van der Waals surface area contributed by atoms with Crippen LogP contribution in [0.1, 0.15) is 10.4 Å². The number of nitrogens with zero attached hydrogens (tertiary/aromatic N) is 2. The summed E-state index contributed by atoms with van der Waals surface area (Å²) >= 11 is 3.02. The average molecular weight is 348 g/mol. The number of hydrogen-bond acceptors (Lipinski definition) is 4. The van der Waals surface area contributed by atoms with Gasteiger partial charge in [0.15, 0.2) is 23.2 Å². The smallest absolute Gasteiger partial charge is 0.260 e. The van der Waals surface area contributed by atoms with E-state index >= 15 is 0 Å². The number of carbonyl (C=O) groups is 1. The Morgan fingerprint density at radius 1 is 1.20 bits per heavy atom. The van der Waals surface area contributed by atoms with Crippen molar-refractivity contribution >= 4 is 27.7 Å². The van der Waals surface area contributed by atoms with Gasteiger partial charge in [-0.3, -0.25) is 4.79 Å². The maximum absolute atomic E-state index is 13.5. The summed E-state index contributed by atoms with van der Waals surface area (Å²) in [6.45, 7) is 0. The molecular weight excluding hydrogens is 343 g/mol. The van der Waals surface area contributed by atoms with E-state index in [9.17, 15) is 18.0 Å². The number of aromatic hydroxyl groups is 1. The second kappa shape index (κ2) is 5.45. The minimum atomic E-state index is -1.76. The second-order valence-corrected chi connectivity index (χ2v) is 4.37. The molecule has 2 N–H and O–H groups in total. The highest BCUT2D eigenvalue weighted by Gasteiger charge is 2.22. The van der Waals surface area contributed by atoms with Gasteiger partial charge in [-0.05, 0) is 22.0 Å². The minimum Gasteiger partial charge on any atom is -0.503 e. The zero-order valence-corrected chi connectivity index (χ0v) is 11.1. The number of rotatable bonds is 2. The van der Waals surface area contributed by atoms with Crippen LogP contribution in [-0.2, 0) is 0 Å². The van der Waals surface area contributed by atoms with E-state index in [1.165, 1.54) is 12.4 Å². The molecule has 0 fully saturated rings. The van der Waals surface area contributed by atoms with E-state index in [2.05, 4.69) is 31.2 Å². The standard InChI is InChI=1S/C11H5BrF3N3O2/c12-6-2-17-7(3-16-6)18-11(20)4-1-5(13)9(15)10(19)8(4)14/h1-3,19H,(H,17,18,20). The topological polar surface area (TPSA) is 75.1 Å². The molecule has 5 nitrogen and oxygen atoms in total. The van der Waals surface area contributed by atoms with Crippen LogP contribution in [0.4, 0.5) is 19.0 Å². The second-order valence-electron chi connectivity index (χ2n) is 3.56. The number of hydrogen-bond donors (Lipinski definition) is 2. The normalized spacial score (nSPS) is 10.4. The molecule has 0 spiro atoms. The number of nitrogens with one attached hydrogen (secondary N) is 1. The number of phenols is 1. The van der Waals surface area contributed by atoms with E-state index in [0.29, 0.717) is 10.7 Å². The lowest BCUT2D eigenvalue weighted by molar-refractivity contribution is 0.102. The van der Waals surface area contributed by atoms with Gasteiger partial charge in [0, 0.05) is 0 Å². The number of benzene rings is 1. The molecule has 1 aromatic carbocycles. The maximum atomic E-state index is 13.5. The Morgan fingerprint density at radius 2 is 1.90 bits per heavy atom. The number of anilines is 1. The third-order valence-electron chi connectivity index (χ3n) is 2.24. The monoisotopic (exact) mass is 347 g/mol. The predicted octanol–water partition coefficient (Wildman–Crippen LogP) is 2.61. The Labute approximate surface area is 118 Å². The summed E-state index contributed by atoms with van der Waals surface area (Å²) in [7, 11) is 0. The van der Waals surface area contributed by atoms with Crippen LogP contribution >= 0.6 is 15.9 Å². The van der Waals surface area contributed by atoms with E-state index in [1.807, 2.05) is 0 Å². The summed E-state index contributed by atoms with van der Waals surface area (Å²) in [5.74, 6) is -7.56. The van der Waals surface area contributed by atoms with Crippen molar-refractivity contribution in [1.29, 1.82) is 0 Å². The van der Waals surface area contributed by atoms with E-state index in [1.54, 1.807) is 0 Å². The summed E-state index contributed by atoms with van der Waals surface area (Å²) in [5.41, 5.74) is -0.855. The number of phenolic OH excluding ortho intramolecular Hbond substituents is 1. The Hall–Kier alpha value is -2.16. The van der Waals surface area contributed by atoms with Gasteiger partial charge in [-0.15, -0.1) is 0 Å². The van der Waals surface area contributed by atoms with E-state index < -0.39 is 34.7 Å². The first kappa shape index (κ1) is 14.3. The molecule has 0 aliphatic rings.